The molecule has 0 atom stereocenters. The summed E-state index contributed by atoms with van der Waals surface area (Å²) in [6.07, 6.45) is 0. The van der Waals surface area contributed by atoms with Gasteiger partial charge in [0.25, 0.3) is 0 Å². The van der Waals surface area contributed by atoms with Gasteiger partial charge in [-0.2, -0.15) is 0 Å². The molecule has 11 aromatic rings. The van der Waals surface area contributed by atoms with Gasteiger partial charge in [-0.1, -0.05) is 115 Å². The third kappa shape index (κ3) is 7.30. The summed E-state index contributed by atoms with van der Waals surface area (Å²) in [5.41, 5.74) is -5.77. The van der Waals surface area contributed by atoms with Crippen LogP contribution in [0, 0.1) is 0 Å². The van der Waals surface area contributed by atoms with Crippen molar-refractivity contribution in [2.45, 2.75) is 0 Å². The Balaban J connectivity index is 1.38. The Bertz CT molecular complexity index is 4850. The predicted molar refractivity (Wildman–Crippen MR) is 379 cm³/mol. The van der Waals surface area contributed by atoms with Crippen LogP contribution >= 0.6 is 0 Å². The van der Waals surface area contributed by atoms with E-state index in [1.54, 1.807) is 0 Å². The first-order chi connectivity index (χ1) is 37.8. The summed E-state index contributed by atoms with van der Waals surface area (Å²) in [5.74, 6) is 0. The van der Waals surface area contributed by atoms with Crippen molar-refractivity contribution in [3.63, 3.8) is 0 Å². The number of fused-ring (bicyclic) bond motifs is 10. The predicted octanol–water partition coefficient (Wildman–Crippen LogP) is -21.8. The number of furan rings is 1. The highest BCUT2D eigenvalue weighted by Crippen LogP contribution is 2.41. The summed E-state index contributed by atoms with van der Waals surface area (Å²) in [4.78, 5) is 0. The van der Waals surface area contributed by atoms with Gasteiger partial charge in [-0.05, 0) is 87.2 Å². The molecule has 0 fully saturated rings. The average Bonchev–Trinajstić information content (AvgIpc) is 3.91. The third-order valence-electron chi connectivity index (χ3n) is 16.0. The maximum atomic E-state index is 7.45. The zero-order chi connectivity index (χ0) is 59.6. The summed E-state index contributed by atoms with van der Waals surface area (Å²) < 4.78 is 6.39. The quantitative estimate of drug-likeness (QED) is 0.0977. The molecule has 81 heavy (non-hydrogen) atoms. The topological polar surface area (TPSA) is 13.1 Å². The summed E-state index contributed by atoms with van der Waals surface area (Å²) >= 11 is 0. The fourth-order valence-electron chi connectivity index (χ4n) is 11.8. The van der Waals surface area contributed by atoms with E-state index in [-0.39, 0.29) is 273 Å². The lowest BCUT2D eigenvalue weighted by Gasteiger charge is -2.33. The standard InChI is InChI=1S/C50B30O/c51-19-11(32(64)38(70)35(67)17(19)16-20(52)13-7(22(54)31(16)63)8-14(30(62)29(13)61)33(65)45(77)43(75)27(8)59)1-3-5(25(57)41(73)39(71)23(3)55)2(6-4(1)24(56)40(72)42(74)26(6)58)12-21(53)18-10-9-15(34(66)46(78)44(76)28(9)60)37(69)47(79)49(10)81-50(18)48(80)36(12)68. The maximum Gasteiger partial charge on any atom is 0.128 e. The first-order valence-corrected chi connectivity index (χ1v) is 23.8. The van der Waals surface area contributed by atoms with Crippen LogP contribution in [0.5, 0.6) is 0 Å². The van der Waals surface area contributed by atoms with E-state index in [1.807, 2.05) is 0 Å². The van der Waals surface area contributed by atoms with E-state index in [2.05, 4.69) is 0 Å². The molecule has 1 aromatic heterocycles. The molecular formula is C50B30O. The smallest absolute Gasteiger partial charge is 0.128 e. The van der Waals surface area contributed by atoms with Gasteiger partial charge in [0, 0.05) is 10.8 Å². The summed E-state index contributed by atoms with van der Waals surface area (Å²) in [6, 6.07) is 0. The van der Waals surface area contributed by atoms with Crippen molar-refractivity contribution in [3.8, 4) is 33.4 Å². The number of hydrogen-bond donors (Lipinski definition) is 0. The first-order valence-electron chi connectivity index (χ1n) is 23.8. The zero-order valence-electron chi connectivity index (χ0n) is 42.7. The van der Waals surface area contributed by atoms with Crippen LogP contribution in [0.4, 0.5) is 0 Å². The van der Waals surface area contributed by atoms with Crippen LogP contribution in [0.2, 0.25) is 0 Å². The van der Waals surface area contributed by atoms with Gasteiger partial charge in [0.15, 0.2) is 0 Å². The van der Waals surface area contributed by atoms with Crippen molar-refractivity contribution in [1.82, 2.24) is 0 Å². The van der Waals surface area contributed by atoms with Crippen molar-refractivity contribution >= 4 is 475 Å². The van der Waals surface area contributed by atoms with E-state index in [1.165, 1.54) is 0 Å². The molecule has 1 nitrogen and oxygen atoms in total. The third-order valence-corrected chi connectivity index (χ3v) is 16.0. The highest BCUT2D eigenvalue weighted by atomic mass is 16.3. The molecular weight excluding hydrogens is 941 g/mol. The highest BCUT2D eigenvalue weighted by molar-refractivity contribution is 6.79. The number of rotatable bonds is 3. The van der Waals surface area contributed by atoms with Crippen molar-refractivity contribution in [1.29, 1.82) is 0 Å². The fraction of sp³-hybridized carbons (Fsp3) is 0. The summed E-state index contributed by atoms with van der Waals surface area (Å²) in [7, 11) is 206. The van der Waals surface area contributed by atoms with E-state index in [4.69, 9.17) is 240 Å². The van der Waals surface area contributed by atoms with Crippen LogP contribution in [0.3, 0.4) is 0 Å². The van der Waals surface area contributed by atoms with Crippen molar-refractivity contribution in [2.24, 2.45) is 0 Å². The lowest BCUT2D eigenvalue weighted by atomic mass is 9.55. The molecule has 0 bridgehead atoms. The molecule has 0 spiro atoms. The van der Waals surface area contributed by atoms with Crippen LogP contribution in [0.1, 0.15) is 0 Å². The monoisotopic (exact) mass is 946 g/mol. The van der Waals surface area contributed by atoms with Gasteiger partial charge >= 0.3 is 0 Å². The maximum absolute atomic E-state index is 7.45. The van der Waals surface area contributed by atoms with E-state index >= 15 is 0 Å². The minimum atomic E-state index is -0.295. The van der Waals surface area contributed by atoms with E-state index < -0.39 is 0 Å². The van der Waals surface area contributed by atoms with E-state index in [0.29, 0.717) is 0 Å². The number of benzene rings is 10. The fourth-order valence-corrected chi connectivity index (χ4v) is 11.8. The minimum Gasteiger partial charge on any atom is -0.457 e. The average molecular weight is 941 g/mol. The Hall–Kier alpha value is -4.75. The van der Waals surface area contributed by atoms with Gasteiger partial charge < -0.3 is 4.42 Å². The molecule has 0 N–H and O–H groups in total. The molecule has 0 saturated heterocycles. The molecule has 31 heteroatoms. The SMILES string of the molecule is [B]c1c([B])c(-c2c([B])c([B])c3c(c2[B])c([B])c([B])c2c([B])c([B])c([B])c([B])c23)c([B])c(-c2c3c([B])c([B])c([B])c([B])c3c(-c3c([B])c([B])c4oc5c([B])c([B])c6c([B])c([B])c([B])c([B])c6c5c4c3[B])c3c([B])c([B])c([B])c([B])c23)c1[B]. The van der Waals surface area contributed by atoms with Gasteiger partial charge in [-0.25, -0.2) is 0 Å². The normalized spacial score (nSPS) is 12.0. The molecule has 0 aliphatic heterocycles. The largest absolute Gasteiger partial charge is 0.457 e. The second kappa shape index (κ2) is 19.4. The van der Waals surface area contributed by atoms with Crippen LogP contribution in [-0.2, 0) is 0 Å². The van der Waals surface area contributed by atoms with Crippen molar-refractivity contribution in [2.75, 3.05) is 0 Å². The van der Waals surface area contributed by atoms with Gasteiger partial charge in [-0.3, -0.25) is 0 Å². The Kier molecular flexibility index (Phi) is 13.9. The van der Waals surface area contributed by atoms with Crippen molar-refractivity contribution in [3.05, 3.63) is 0 Å². The Morgan fingerprint density at radius 1 is 0.111 bits per heavy atom. The Morgan fingerprint density at radius 2 is 0.296 bits per heavy atom. The molecule has 0 unspecified atom stereocenters. The van der Waals surface area contributed by atoms with Crippen LogP contribution in [0.25, 0.3) is 109 Å². The summed E-state index contributed by atoms with van der Waals surface area (Å²) in [5, 5.41) is 0.625. The lowest BCUT2D eigenvalue weighted by Crippen LogP contribution is -2.52. The zero-order valence-corrected chi connectivity index (χ0v) is 42.7. The molecule has 10 aromatic carbocycles. The van der Waals surface area contributed by atoms with Crippen LogP contribution in [0.15, 0.2) is 4.42 Å². The summed E-state index contributed by atoms with van der Waals surface area (Å²) in [6.45, 7) is 0. The molecule has 0 saturated carbocycles. The molecule has 1 heterocycles. The van der Waals surface area contributed by atoms with Crippen molar-refractivity contribution < 1.29 is 4.42 Å². The molecule has 0 aliphatic carbocycles. The van der Waals surface area contributed by atoms with Crippen LogP contribution in [-0.4, -0.2) is 235 Å². The van der Waals surface area contributed by atoms with Gasteiger partial charge in [-0.15, -0.1) is 49.2 Å². The Morgan fingerprint density at radius 3 is 0.679 bits per heavy atom. The second-order valence-electron chi connectivity index (χ2n) is 19.9. The highest BCUT2D eigenvalue weighted by Gasteiger charge is 2.32. The van der Waals surface area contributed by atoms with Gasteiger partial charge in [0.2, 0.25) is 0 Å². The van der Waals surface area contributed by atoms with Gasteiger partial charge in [0.1, 0.15) is 247 Å². The van der Waals surface area contributed by atoms with Crippen LogP contribution < -0.4 is 164 Å². The molecule has 60 radical (unpaired) electrons. The first kappa shape index (κ1) is 58.0. The molecule has 11 rings (SSSR count). The van der Waals surface area contributed by atoms with Gasteiger partial charge in [0.05, 0.1) is 0 Å². The number of hydrogen-bond acceptors (Lipinski definition) is 1. The Labute approximate surface area is 509 Å². The van der Waals surface area contributed by atoms with E-state index in [0.717, 1.165) is 0 Å². The van der Waals surface area contributed by atoms with E-state index in [9.17, 15) is 0 Å². The molecule has 296 valence electrons. The molecule has 0 aliphatic rings. The second-order valence-corrected chi connectivity index (χ2v) is 19.9. The lowest BCUT2D eigenvalue weighted by molar-refractivity contribution is 0.675. The minimum absolute atomic E-state index is 0.0308. The molecule has 0 amide bonds.